The van der Waals surface area contributed by atoms with Gasteiger partial charge < -0.3 is 9.99 Å². The van der Waals surface area contributed by atoms with E-state index in [-0.39, 0.29) is 17.1 Å². The number of halogens is 2. The predicted octanol–water partition coefficient (Wildman–Crippen LogP) is 6.82. The van der Waals surface area contributed by atoms with E-state index in [0.29, 0.717) is 18.3 Å². The second-order valence-electron chi connectivity index (χ2n) is 8.99. The van der Waals surface area contributed by atoms with Gasteiger partial charge in [-0.1, -0.05) is 30.8 Å². The molecule has 0 saturated heterocycles. The Balaban J connectivity index is 1.70. The molecule has 1 aliphatic carbocycles. The summed E-state index contributed by atoms with van der Waals surface area (Å²) in [5.41, 5.74) is 4.01. The van der Waals surface area contributed by atoms with Crippen molar-refractivity contribution >= 4 is 5.97 Å². The molecule has 1 aliphatic rings. The maximum Gasteiger partial charge on any atom is 0.383 e. The molecule has 8 heteroatoms. The molecule has 194 valence electrons. The zero-order valence-electron chi connectivity index (χ0n) is 20.6. The van der Waals surface area contributed by atoms with E-state index in [2.05, 4.69) is 24.8 Å². The van der Waals surface area contributed by atoms with Gasteiger partial charge in [0.2, 0.25) is 11.5 Å². The smallest absolute Gasteiger partial charge is 0.383 e. The highest BCUT2D eigenvalue weighted by molar-refractivity contribution is 5.87. The number of hydrogen-bond acceptors (Lipinski definition) is 6. The minimum atomic E-state index is -1.59. The highest BCUT2D eigenvalue weighted by atomic mass is 19.3. The first kappa shape index (κ1) is 27.4. The minimum Gasteiger partial charge on any atom is -0.391 e. The summed E-state index contributed by atoms with van der Waals surface area (Å²) in [6.07, 6.45) is 4.90. The molecule has 1 saturated carbocycles. The van der Waals surface area contributed by atoms with Crippen LogP contribution in [-0.2, 0) is 14.6 Å². The van der Waals surface area contributed by atoms with Crippen LogP contribution in [0.4, 0.5) is 8.78 Å². The van der Waals surface area contributed by atoms with Gasteiger partial charge in [-0.3, -0.25) is 4.89 Å². The lowest BCUT2D eigenvalue weighted by Gasteiger charge is -2.29. The Labute approximate surface area is 210 Å². The molecule has 0 aromatic heterocycles. The Morgan fingerprint density at radius 1 is 1.08 bits per heavy atom. The molecule has 3 rings (SSSR count). The van der Waals surface area contributed by atoms with E-state index in [0.717, 1.165) is 54.9 Å². The molecular weight excluding hydrogens is 470 g/mol. The fraction of sp³-hybridized carbons (Fsp3) is 0.393. The normalized spacial score (nSPS) is 17.2. The first-order valence-corrected chi connectivity index (χ1v) is 12.0. The standard InChI is InChI=1S/C28H32F2O6/c1-18-15-22(21-9-7-20(8-10-21)5-4-6-27(29)30)11-13-24(18)23-12-14-25(34-33-3)26(16-23)35-36-28(32)19(2)17-31/h6,11-16,20-21,31H,2,4-5,7-10,17H2,1,3H3. The Morgan fingerprint density at radius 3 is 2.47 bits per heavy atom. The number of carbonyl (C=O) groups is 1. The molecule has 0 aliphatic heterocycles. The monoisotopic (exact) mass is 502 g/mol. The minimum absolute atomic E-state index is 0.123. The van der Waals surface area contributed by atoms with Crippen LogP contribution in [0.5, 0.6) is 11.5 Å². The maximum absolute atomic E-state index is 12.3. The molecule has 2 aromatic rings. The van der Waals surface area contributed by atoms with Gasteiger partial charge >= 0.3 is 5.97 Å². The van der Waals surface area contributed by atoms with Crippen molar-refractivity contribution in [1.82, 2.24) is 0 Å². The lowest BCUT2D eigenvalue weighted by molar-refractivity contribution is -0.216. The van der Waals surface area contributed by atoms with E-state index >= 15 is 0 Å². The average molecular weight is 503 g/mol. The number of aliphatic hydroxyl groups excluding tert-OH is 1. The van der Waals surface area contributed by atoms with Crippen LogP contribution in [0.2, 0.25) is 0 Å². The largest absolute Gasteiger partial charge is 0.391 e. The van der Waals surface area contributed by atoms with E-state index in [4.69, 9.17) is 24.7 Å². The summed E-state index contributed by atoms with van der Waals surface area (Å²) in [4.78, 5) is 31.5. The molecule has 0 atom stereocenters. The molecule has 0 unspecified atom stereocenters. The molecule has 1 N–H and O–H groups in total. The fourth-order valence-electron chi connectivity index (χ4n) is 4.58. The topological polar surface area (TPSA) is 74.2 Å². The van der Waals surface area contributed by atoms with Crippen molar-refractivity contribution in [2.24, 2.45) is 5.92 Å². The molecule has 36 heavy (non-hydrogen) atoms. The van der Waals surface area contributed by atoms with Crippen molar-refractivity contribution in [2.45, 2.75) is 51.4 Å². The van der Waals surface area contributed by atoms with Crippen molar-refractivity contribution in [3.05, 3.63) is 71.8 Å². The van der Waals surface area contributed by atoms with Crippen LogP contribution in [0.3, 0.4) is 0 Å². The van der Waals surface area contributed by atoms with E-state index in [9.17, 15) is 13.6 Å². The van der Waals surface area contributed by atoms with Crippen molar-refractivity contribution in [2.75, 3.05) is 13.7 Å². The molecular formula is C28H32F2O6. The van der Waals surface area contributed by atoms with Gasteiger partial charge in [-0.25, -0.2) is 9.68 Å². The second-order valence-corrected chi connectivity index (χ2v) is 8.99. The summed E-state index contributed by atoms with van der Waals surface area (Å²) in [5, 5.41) is 9.02. The van der Waals surface area contributed by atoms with E-state index in [1.165, 1.54) is 12.7 Å². The Hall–Kier alpha value is -3.23. The fourth-order valence-corrected chi connectivity index (χ4v) is 4.58. The number of rotatable bonds is 11. The SMILES string of the molecule is C=C(CO)C(=O)OOc1cc(-c2ccc(C3CCC(CCC=C(F)F)CC3)cc2C)ccc1OOC. The number of aliphatic hydroxyl groups is 1. The van der Waals surface area contributed by atoms with Gasteiger partial charge in [0.25, 0.3) is 6.08 Å². The summed E-state index contributed by atoms with van der Waals surface area (Å²) in [6, 6.07) is 11.5. The molecule has 6 nitrogen and oxygen atoms in total. The van der Waals surface area contributed by atoms with Gasteiger partial charge in [-0.15, -0.1) is 0 Å². The number of carbonyl (C=O) groups excluding carboxylic acids is 1. The van der Waals surface area contributed by atoms with Gasteiger partial charge in [0.1, 0.15) is 0 Å². The van der Waals surface area contributed by atoms with E-state index < -0.39 is 18.7 Å². The Bertz CT molecular complexity index is 1090. The van der Waals surface area contributed by atoms with Crippen LogP contribution in [0.25, 0.3) is 11.1 Å². The third-order valence-corrected chi connectivity index (χ3v) is 6.56. The lowest BCUT2D eigenvalue weighted by Crippen LogP contribution is -2.13. The highest BCUT2D eigenvalue weighted by Crippen LogP contribution is 2.40. The van der Waals surface area contributed by atoms with Gasteiger partial charge in [-0.2, -0.15) is 13.7 Å². The van der Waals surface area contributed by atoms with E-state index in [1.54, 1.807) is 12.1 Å². The third-order valence-electron chi connectivity index (χ3n) is 6.56. The van der Waals surface area contributed by atoms with Crippen LogP contribution >= 0.6 is 0 Å². The molecule has 0 bridgehead atoms. The first-order chi connectivity index (χ1) is 17.3. The molecule has 2 aromatic carbocycles. The molecule has 0 amide bonds. The van der Waals surface area contributed by atoms with Gasteiger partial charge in [0.05, 0.1) is 19.3 Å². The summed E-state index contributed by atoms with van der Waals surface area (Å²) in [7, 11) is 1.34. The summed E-state index contributed by atoms with van der Waals surface area (Å²) in [5.74, 6) is 0.398. The number of hydrogen-bond donors (Lipinski definition) is 1. The first-order valence-electron chi connectivity index (χ1n) is 12.0. The molecule has 0 heterocycles. The predicted molar refractivity (Wildman–Crippen MR) is 131 cm³/mol. The lowest BCUT2D eigenvalue weighted by atomic mass is 9.76. The van der Waals surface area contributed by atoms with E-state index in [1.807, 2.05) is 13.0 Å². The van der Waals surface area contributed by atoms with Gasteiger partial charge in [0, 0.05) is 0 Å². The third kappa shape index (κ3) is 7.38. The highest BCUT2D eigenvalue weighted by Gasteiger charge is 2.23. The zero-order chi connectivity index (χ0) is 26.1. The summed E-state index contributed by atoms with van der Waals surface area (Å²) < 4.78 is 24.5. The van der Waals surface area contributed by atoms with Crippen molar-refractivity contribution < 1.29 is 38.2 Å². The van der Waals surface area contributed by atoms with Crippen LogP contribution < -0.4 is 9.78 Å². The number of benzene rings is 2. The number of aryl methyl sites for hydroxylation is 1. The number of allylic oxidation sites excluding steroid dienone is 1. The average Bonchev–Trinajstić information content (AvgIpc) is 2.87. The Kier molecular flexibility index (Phi) is 10.0. The van der Waals surface area contributed by atoms with Crippen molar-refractivity contribution in [3.63, 3.8) is 0 Å². The van der Waals surface area contributed by atoms with Crippen LogP contribution in [0.15, 0.2) is 60.7 Å². The second kappa shape index (κ2) is 13.2. The van der Waals surface area contributed by atoms with Gasteiger partial charge in [-0.05, 0) is 97.7 Å². The summed E-state index contributed by atoms with van der Waals surface area (Å²) in [6.45, 7) is 4.89. The maximum atomic E-state index is 12.3. The zero-order valence-corrected chi connectivity index (χ0v) is 20.6. The molecule has 0 radical (unpaired) electrons. The van der Waals surface area contributed by atoms with Crippen LogP contribution in [-0.4, -0.2) is 24.8 Å². The molecule has 0 spiro atoms. The molecule has 1 fully saturated rings. The van der Waals surface area contributed by atoms with Gasteiger partial charge in [0.15, 0.2) is 0 Å². The van der Waals surface area contributed by atoms with Crippen molar-refractivity contribution in [3.8, 4) is 22.6 Å². The van der Waals surface area contributed by atoms with Crippen molar-refractivity contribution in [1.29, 1.82) is 0 Å². The quantitative estimate of drug-likeness (QED) is 0.206. The van der Waals surface area contributed by atoms with Crippen LogP contribution in [0, 0.1) is 12.8 Å². The van der Waals surface area contributed by atoms with Crippen LogP contribution in [0.1, 0.15) is 55.6 Å². The Morgan fingerprint density at radius 2 is 1.83 bits per heavy atom. The summed E-state index contributed by atoms with van der Waals surface area (Å²) >= 11 is 0.